The fraction of sp³-hybridized carbons (Fsp3) is 0.300. The lowest BCUT2D eigenvalue weighted by Crippen LogP contribution is -1.98. The molecule has 2 radical (unpaired) electrons. The van der Waals surface area contributed by atoms with E-state index in [2.05, 4.69) is 0 Å². The van der Waals surface area contributed by atoms with E-state index in [1.54, 1.807) is 0 Å². The maximum absolute atomic E-state index is 11.0. The Morgan fingerprint density at radius 3 is 2.53 bits per heavy atom. The van der Waals surface area contributed by atoms with E-state index in [4.69, 9.17) is 7.85 Å². The zero-order valence-corrected chi connectivity index (χ0v) is 8.77. The lowest BCUT2D eigenvalue weighted by molar-refractivity contribution is -0.384. The molecular formula is C10H12BNO3. The van der Waals surface area contributed by atoms with Gasteiger partial charge < -0.3 is 0 Å². The standard InChI is InChI=1S/C8H6BNO3.C2H6/c9-5-8(11)6-2-1-3-7(4-6)10(12)13;1-2/h1-4H,5H2;1-2H3. The van der Waals surface area contributed by atoms with Gasteiger partial charge >= 0.3 is 0 Å². The highest BCUT2D eigenvalue weighted by Crippen LogP contribution is 2.13. The summed E-state index contributed by atoms with van der Waals surface area (Å²) in [4.78, 5) is 20.8. The zero-order chi connectivity index (χ0) is 11.8. The first-order valence-corrected chi connectivity index (χ1v) is 4.63. The summed E-state index contributed by atoms with van der Waals surface area (Å²) < 4.78 is 0. The van der Waals surface area contributed by atoms with E-state index in [0.717, 1.165) is 0 Å². The molecule has 0 unspecified atom stereocenters. The monoisotopic (exact) mass is 205 g/mol. The Balaban J connectivity index is 0.000000921. The quantitative estimate of drug-likeness (QED) is 0.329. The zero-order valence-electron chi connectivity index (χ0n) is 8.77. The molecule has 0 atom stereocenters. The van der Waals surface area contributed by atoms with Crippen LogP contribution in [0, 0.1) is 10.1 Å². The fourth-order valence-electron chi connectivity index (χ4n) is 0.911. The van der Waals surface area contributed by atoms with Crippen LogP contribution >= 0.6 is 0 Å². The third kappa shape index (κ3) is 3.93. The van der Waals surface area contributed by atoms with Crippen molar-refractivity contribution in [2.24, 2.45) is 0 Å². The number of carbonyl (C=O) groups is 1. The molecule has 0 amide bonds. The van der Waals surface area contributed by atoms with Gasteiger partial charge in [0, 0.05) is 17.7 Å². The van der Waals surface area contributed by atoms with Crippen molar-refractivity contribution in [1.82, 2.24) is 0 Å². The number of nitrogens with zero attached hydrogens (tertiary/aromatic N) is 1. The van der Waals surface area contributed by atoms with E-state index in [1.165, 1.54) is 24.3 Å². The summed E-state index contributed by atoms with van der Waals surface area (Å²) >= 11 is 0. The van der Waals surface area contributed by atoms with Crippen molar-refractivity contribution in [3.05, 3.63) is 39.9 Å². The molecule has 5 heteroatoms. The Labute approximate surface area is 89.9 Å². The number of hydrogen-bond donors (Lipinski definition) is 0. The van der Waals surface area contributed by atoms with Crippen LogP contribution < -0.4 is 0 Å². The first-order valence-electron chi connectivity index (χ1n) is 4.63. The van der Waals surface area contributed by atoms with Crippen molar-refractivity contribution in [3.63, 3.8) is 0 Å². The van der Waals surface area contributed by atoms with Crippen LogP contribution in [0.25, 0.3) is 0 Å². The molecule has 0 fully saturated rings. The number of nitro groups is 1. The average Bonchev–Trinajstić information content (AvgIpc) is 2.30. The van der Waals surface area contributed by atoms with Crippen molar-refractivity contribution in [2.45, 2.75) is 20.2 Å². The predicted molar refractivity (Wildman–Crippen MR) is 59.3 cm³/mol. The molecule has 0 saturated carbocycles. The van der Waals surface area contributed by atoms with Gasteiger partial charge in [0.1, 0.15) is 0 Å². The second kappa shape index (κ2) is 6.76. The van der Waals surface area contributed by atoms with Gasteiger partial charge in [-0.25, -0.2) is 0 Å². The Morgan fingerprint density at radius 2 is 2.07 bits per heavy atom. The van der Waals surface area contributed by atoms with Gasteiger partial charge in [0.15, 0.2) is 5.78 Å². The Morgan fingerprint density at radius 1 is 1.47 bits per heavy atom. The molecule has 0 bridgehead atoms. The molecule has 0 heterocycles. The maximum Gasteiger partial charge on any atom is 0.270 e. The summed E-state index contributed by atoms with van der Waals surface area (Å²) in [6, 6.07) is 5.51. The van der Waals surface area contributed by atoms with Crippen LogP contribution in [-0.4, -0.2) is 18.6 Å². The first-order chi connectivity index (χ1) is 7.15. The van der Waals surface area contributed by atoms with Crippen LogP contribution in [0.4, 0.5) is 5.69 Å². The molecule has 0 aliphatic heterocycles. The number of ketones is 1. The molecule has 15 heavy (non-hydrogen) atoms. The maximum atomic E-state index is 11.0. The van der Waals surface area contributed by atoms with Crippen LogP contribution in [0.1, 0.15) is 24.2 Å². The molecule has 0 aromatic heterocycles. The predicted octanol–water partition coefficient (Wildman–Crippen LogP) is 2.39. The van der Waals surface area contributed by atoms with Gasteiger partial charge in [0.2, 0.25) is 0 Å². The molecule has 1 rings (SSSR count). The van der Waals surface area contributed by atoms with Crippen LogP contribution in [0.2, 0.25) is 6.32 Å². The van der Waals surface area contributed by atoms with Crippen molar-refractivity contribution in [2.75, 3.05) is 0 Å². The van der Waals surface area contributed by atoms with Crippen LogP contribution in [-0.2, 0) is 0 Å². The summed E-state index contributed by atoms with van der Waals surface area (Å²) in [7, 11) is 5.11. The largest absolute Gasteiger partial charge is 0.295 e. The first kappa shape index (κ1) is 13.4. The topological polar surface area (TPSA) is 60.2 Å². The van der Waals surface area contributed by atoms with Gasteiger partial charge in [-0.3, -0.25) is 14.9 Å². The number of non-ortho nitro benzene ring substituents is 1. The number of Topliss-reactive ketones (excluding diaryl/α,β-unsaturated/α-hetero) is 1. The number of benzene rings is 1. The van der Waals surface area contributed by atoms with Crippen molar-refractivity contribution in [1.29, 1.82) is 0 Å². The minimum absolute atomic E-state index is 0.0979. The molecule has 78 valence electrons. The molecule has 1 aromatic carbocycles. The number of rotatable bonds is 3. The number of nitro benzene ring substituents is 1. The number of carbonyl (C=O) groups excluding carboxylic acids is 1. The summed E-state index contributed by atoms with van der Waals surface area (Å²) in [5.41, 5.74) is 0.177. The highest BCUT2D eigenvalue weighted by atomic mass is 16.6. The van der Waals surface area contributed by atoms with Crippen LogP contribution in [0.3, 0.4) is 0 Å². The Kier molecular flexibility index (Phi) is 6.02. The summed E-state index contributed by atoms with van der Waals surface area (Å²) in [6.45, 7) is 4.00. The van der Waals surface area contributed by atoms with Crippen molar-refractivity contribution < 1.29 is 9.72 Å². The van der Waals surface area contributed by atoms with Gasteiger partial charge in [-0.05, 0) is 6.32 Å². The lowest BCUT2D eigenvalue weighted by atomic mass is 9.96. The van der Waals surface area contributed by atoms with Crippen molar-refractivity contribution in [3.8, 4) is 0 Å². The average molecular weight is 205 g/mol. The lowest BCUT2D eigenvalue weighted by Gasteiger charge is -1.96. The van der Waals surface area contributed by atoms with Gasteiger partial charge in [0.05, 0.1) is 12.8 Å². The minimum atomic E-state index is -0.548. The molecule has 0 aliphatic rings. The number of hydrogen-bond acceptors (Lipinski definition) is 3. The van der Waals surface area contributed by atoms with Crippen LogP contribution in [0.5, 0.6) is 0 Å². The van der Waals surface area contributed by atoms with Crippen molar-refractivity contribution >= 4 is 19.3 Å². The van der Waals surface area contributed by atoms with Gasteiger partial charge in [-0.1, -0.05) is 26.0 Å². The van der Waals surface area contributed by atoms with E-state index in [-0.39, 0.29) is 23.4 Å². The second-order valence-corrected chi connectivity index (χ2v) is 2.43. The summed E-state index contributed by atoms with van der Waals surface area (Å²) in [5.74, 6) is -0.302. The summed E-state index contributed by atoms with van der Waals surface area (Å²) in [6.07, 6.45) is -0.138. The van der Waals surface area contributed by atoms with Crippen LogP contribution in [0.15, 0.2) is 24.3 Å². The SMILES string of the molecule is CC.[B]CC(=O)c1cccc([N+](=O)[O-])c1. The third-order valence-electron chi connectivity index (χ3n) is 1.56. The molecular weight excluding hydrogens is 193 g/mol. The second-order valence-electron chi connectivity index (χ2n) is 2.43. The van der Waals surface area contributed by atoms with Gasteiger partial charge in [0.25, 0.3) is 5.69 Å². The molecule has 4 nitrogen and oxygen atoms in total. The molecule has 1 aromatic rings. The normalized spacial score (nSPS) is 8.67. The fourth-order valence-corrected chi connectivity index (χ4v) is 0.911. The third-order valence-corrected chi connectivity index (χ3v) is 1.56. The van der Waals surface area contributed by atoms with E-state index in [1.807, 2.05) is 13.8 Å². The smallest absolute Gasteiger partial charge is 0.270 e. The highest BCUT2D eigenvalue weighted by Gasteiger charge is 2.08. The highest BCUT2D eigenvalue weighted by molar-refractivity contribution is 6.24. The van der Waals surface area contributed by atoms with E-state index in [9.17, 15) is 14.9 Å². The molecule has 0 spiro atoms. The Hall–Kier alpha value is -1.65. The van der Waals surface area contributed by atoms with E-state index < -0.39 is 4.92 Å². The molecule has 0 saturated heterocycles. The van der Waals surface area contributed by atoms with E-state index >= 15 is 0 Å². The molecule has 0 N–H and O–H groups in total. The minimum Gasteiger partial charge on any atom is -0.295 e. The summed E-state index contributed by atoms with van der Waals surface area (Å²) in [5, 5.41) is 10.3. The molecule has 0 aliphatic carbocycles. The van der Waals surface area contributed by atoms with E-state index in [0.29, 0.717) is 0 Å². The van der Waals surface area contributed by atoms with Gasteiger partial charge in [-0.2, -0.15) is 0 Å². The van der Waals surface area contributed by atoms with Gasteiger partial charge in [-0.15, -0.1) is 0 Å². The Bertz CT molecular complexity index is 352.